The Kier molecular flexibility index (Phi) is 4.23. The number of aromatic amines is 2. The molecule has 0 atom stereocenters. The predicted octanol–water partition coefficient (Wildman–Crippen LogP) is 2.47. The lowest BCUT2D eigenvalue weighted by molar-refractivity contribution is 0.0698. The van der Waals surface area contributed by atoms with Crippen LogP contribution in [-0.2, 0) is 0 Å². The zero-order valence-electron chi connectivity index (χ0n) is 15.7. The number of piperidine rings is 1. The molecule has 1 aliphatic rings. The van der Waals surface area contributed by atoms with Crippen LogP contribution in [0.5, 0.6) is 0 Å². The van der Waals surface area contributed by atoms with Crippen molar-refractivity contribution < 1.29 is 9.59 Å². The summed E-state index contributed by atoms with van der Waals surface area (Å²) >= 11 is 0. The molecule has 0 spiro atoms. The fourth-order valence-corrected chi connectivity index (χ4v) is 3.82. The minimum Gasteiger partial charge on any atom is -0.349 e. The Bertz CT molecular complexity index is 1200. The van der Waals surface area contributed by atoms with Crippen molar-refractivity contribution in [1.82, 2.24) is 30.2 Å². The van der Waals surface area contributed by atoms with Crippen molar-refractivity contribution in [2.75, 3.05) is 13.1 Å². The molecule has 8 heteroatoms. The second-order valence-electron chi connectivity index (χ2n) is 7.31. The van der Waals surface area contributed by atoms with E-state index >= 15 is 0 Å². The minimum atomic E-state index is -0.101. The Labute approximate surface area is 166 Å². The summed E-state index contributed by atoms with van der Waals surface area (Å²) in [5.41, 5.74) is 4.63. The number of hydrogen-bond donors (Lipinski definition) is 3. The van der Waals surface area contributed by atoms with Crippen LogP contribution in [0.25, 0.3) is 22.1 Å². The smallest absolute Gasteiger partial charge is 0.253 e. The maximum Gasteiger partial charge on any atom is 0.253 e. The molecule has 0 unspecified atom stereocenters. The molecule has 0 aliphatic carbocycles. The number of carbonyl (C=O) groups is 2. The number of hydrogen-bond acceptors (Lipinski definition) is 4. The van der Waals surface area contributed by atoms with Crippen LogP contribution in [0.3, 0.4) is 0 Å². The highest BCUT2D eigenvalue weighted by Crippen LogP contribution is 2.18. The number of nitrogens with zero attached hydrogens (tertiary/aromatic N) is 3. The summed E-state index contributed by atoms with van der Waals surface area (Å²) in [5, 5.41) is 3.09. The Morgan fingerprint density at radius 3 is 2.14 bits per heavy atom. The van der Waals surface area contributed by atoms with Gasteiger partial charge in [-0.3, -0.25) is 9.59 Å². The molecule has 3 heterocycles. The van der Waals surface area contributed by atoms with Crippen LogP contribution in [0.15, 0.2) is 49.1 Å². The van der Waals surface area contributed by atoms with Crippen molar-refractivity contribution in [3.63, 3.8) is 0 Å². The van der Waals surface area contributed by atoms with E-state index in [2.05, 4.69) is 25.3 Å². The molecule has 8 nitrogen and oxygen atoms in total. The monoisotopic (exact) mass is 388 g/mol. The van der Waals surface area contributed by atoms with Crippen LogP contribution in [-0.4, -0.2) is 55.8 Å². The van der Waals surface area contributed by atoms with E-state index in [9.17, 15) is 9.59 Å². The Morgan fingerprint density at radius 2 is 1.48 bits per heavy atom. The van der Waals surface area contributed by atoms with Crippen molar-refractivity contribution in [3.05, 3.63) is 60.2 Å². The molecule has 2 amide bonds. The lowest BCUT2D eigenvalue weighted by Crippen LogP contribution is -2.46. The van der Waals surface area contributed by atoms with Crippen molar-refractivity contribution in [2.45, 2.75) is 18.9 Å². The molecule has 3 N–H and O–H groups in total. The molecule has 0 saturated carbocycles. The number of aromatic nitrogens is 4. The van der Waals surface area contributed by atoms with Gasteiger partial charge in [0, 0.05) is 30.3 Å². The highest BCUT2D eigenvalue weighted by atomic mass is 16.2. The summed E-state index contributed by atoms with van der Waals surface area (Å²) < 4.78 is 0. The molecule has 0 bridgehead atoms. The lowest BCUT2D eigenvalue weighted by atomic mass is 10.0. The quantitative estimate of drug-likeness (QED) is 0.501. The van der Waals surface area contributed by atoms with Gasteiger partial charge in [-0.25, -0.2) is 9.97 Å². The number of amides is 2. The Balaban J connectivity index is 1.20. The summed E-state index contributed by atoms with van der Waals surface area (Å²) in [5.74, 6) is -0.0908. The number of carbonyl (C=O) groups excluding carboxylic acids is 2. The molecular weight excluding hydrogens is 368 g/mol. The van der Waals surface area contributed by atoms with E-state index in [1.54, 1.807) is 18.7 Å². The first-order valence-electron chi connectivity index (χ1n) is 9.64. The third-order valence-corrected chi connectivity index (χ3v) is 5.47. The topological polar surface area (TPSA) is 107 Å². The Hall–Kier alpha value is -3.68. The first kappa shape index (κ1) is 17.4. The average Bonchev–Trinajstić information content (AvgIpc) is 3.41. The van der Waals surface area contributed by atoms with E-state index in [1.807, 2.05) is 35.2 Å². The number of likely N-dealkylation sites (tertiary alicyclic amines) is 1. The van der Waals surface area contributed by atoms with E-state index in [4.69, 9.17) is 0 Å². The first-order valence-corrected chi connectivity index (χ1v) is 9.64. The number of nitrogens with one attached hydrogen (secondary N) is 3. The maximum absolute atomic E-state index is 12.8. The van der Waals surface area contributed by atoms with Crippen LogP contribution in [0.1, 0.15) is 33.6 Å². The second kappa shape index (κ2) is 7.05. The summed E-state index contributed by atoms with van der Waals surface area (Å²) in [6.07, 6.45) is 4.70. The van der Waals surface area contributed by atoms with Crippen LogP contribution < -0.4 is 5.32 Å². The van der Waals surface area contributed by atoms with E-state index < -0.39 is 0 Å². The minimum absolute atomic E-state index is 0.0102. The molecule has 1 saturated heterocycles. The molecule has 2 aromatic heterocycles. The lowest BCUT2D eigenvalue weighted by Gasteiger charge is -2.32. The van der Waals surface area contributed by atoms with Crippen molar-refractivity contribution in [1.29, 1.82) is 0 Å². The van der Waals surface area contributed by atoms with Crippen LogP contribution in [0.4, 0.5) is 0 Å². The van der Waals surface area contributed by atoms with E-state index in [1.165, 1.54) is 0 Å². The molecule has 4 aromatic rings. The van der Waals surface area contributed by atoms with Gasteiger partial charge in [-0.2, -0.15) is 0 Å². The zero-order valence-corrected chi connectivity index (χ0v) is 15.7. The van der Waals surface area contributed by atoms with E-state index in [0.29, 0.717) is 24.2 Å². The number of rotatable bonds is 3. The van der Waals surface area contributed by atoms with Gasteiger partial charge in [0.05, 0.1) is 34.7 Å². The second-order valence-corrected chi connectivity index (χ2v) is 7.31. The molecular formula is C21H20N6O2. The predicted molar refractivity (Wildman–Crippen MR) is 109 cm³/mol. The van der Waals surface area contributed by atoms with Gasteiger partial charge in [0.15, 0.2) is 0 Å². The van der Waals surface area contributed by atoms with Crippen LogP contribution in [0.2, 0.25) is 0 Å². The molecule has 5 rings (SSSR count). The fraction of sp³-hybridized carbons (Fsp3) is 0.238. The largest absolute Gasteiger partial charge is 0.349 e. The van der Waals surface area contributed by atoms with E-state index in [0.717, 1.165) is 34.9 Å². The van der Waals surface area contributed by atoms with Gasteiger partial charge in [-0.1, -0.05) is 0 Å². The summed E-state index contributed by atoms with van der Waals surface area (Å²) in [4.78, 5) is 41.6. The summed E-state index contributed by atoms with van der Waals surface area (Å²) in [6, 6.07) is 11.0. The standard InChI is InChI=1S/C21H20N6O2/c28-20(13-1-3-16-18(9-13)24-11-22-16)26-15-5-7-27(8-6-15)21(29)14-2-4-17-19(10-14)25-12-23-17/h1-4,9-12,15H,5-8H2,(H,22,24)(H,23,25)(H,26,28). The maximum atomic E-state index is 12.8. The molecule has 146 valence electrons. The van der Waals surface area contributed by atoms with Gasteiger partial charge in [-0.15, -0.1) is 0 Å². The third kappa shape index (κ3) is 3.33. The van der Waals surface area contributed by atoms with E-state index in [-0.39, 0.29) is 17.9 Å². The first-order chi connectivity index (χ1) is 14.2. The number of benzene rings is 2. The number of H-pyrrole nitrogens is 2. The number of fused-ring (bicyclic) bond motifs is 2. The fourth-order valence-electron chi connectivity index (χ4n) is 3.82. The van der Waals surface area contributed by atoms with Crippen molar-refractivity contribution in [2.24, 2.45) is 0 Å². The molecule has 0 radical (unpaired) electrons. The van der Waals surface area contributed by atoms with Gasteiger partial charge in [0.25, 0.3) is 11.8 Å². The highest BCUT2D eigenvalue weighted by Gasteiger charge is 2.25. The molecule has 29 heavy (non-hydrogen) atoms. The van der Waals surface area contributed by atoms with Gasteiger partial charge < -0.3 is 20.2 Å². The summed E-state index contributed by atoms with van der Waals surface area (Å²) in [7, 11) is 0. The molecule has 1 fully saturated rings. The van der Waals surface area contributed by atoms with Gasteiger partial charge >= 0.3 is 0 Å². The summed E-state index contributed by atoms with van der Waals surface area (Å²) in [6.45, 7) is 1.23. The van der Waals surface area contributed by atoms with Gasteiger partial charge in [0.2, 0.25) is 0 Å². The van der Waals surface area contributed by atoms with Gasteiger partial charge in [-0.05, 0) is 49.2 Å². The SMILES string of the molecule is O=C(NC1CCN(C(=O)c2ccc3nc[nH]c3c2)CC1)c1ccc2nc[nH]c2c1. The van der Waals surface area contributed by atoms with Crippen molar-refractivity contribution in [3.8, 4) is 0 Å². The normalized spacial score (nSPS) is 15.1. The third-order valence-electron chi connectivity index (χ3n) is 5.47. The van der Waals surface area contributed by atoms with Crippen molar-refractivity contribution >= 4 is 33.9 Å². The molecule has 1 aliphatic heterocycles. The number of imidazole rings is 2. The van der Waals surface area contributed by atoms with Crippen LogP contribution in [0, 0.1) is 0 Å². The molecule has 2 aromatic carbocycles. The Morgan fingerprint density at radius 1 is 0.897 bits per heavy atom. The average molecular weight is 388 g/mol. The van der Waals surface area contributed by atoms with Gasteiger partial charge in [0.1, 0.15) is 0 Å². The van der Waals surface area contributed by atoms with Crippen LogP contribution >= 0.6 is 0 Å². The highest BCUT2D eigenvalue weighted by molar-refractivity contribution is 5.98. The zero-order chi connectivity index (χ0) is 19.8.